The first-order valence-electron chi connectivity index (χ1n) is 30.6. The van der Waals surface area contributed by atoms with Crippen LogP contribution in [0.25, 0.3) is 22.6 Å². The Balaban J connectivity index is 1.26. The maximum absolute atomic E-state index is 14.8. The molecule has 4 amide bonds. The number of unbranched alkanes of at least 4 members (excludes halogenated alkanes) is 8. The van der Waals surface area contributed by atoms with E-state index in [1.807, 2.05) is 93.5 Å². The summed E-state index contributed by atoms with van der Waals surface area (Å²) in [4.78, 5) is 124. The summed E-state index contributed by atoms with van der Waals surface area (Å²) >= 11 is 1.76. The molecule has 482 valence electrons. The summed E-state index contributed by atoms with van der Waals surface area (Å²) < 4.78 is 27.5. The summed E-state index contributed by atoms with van der Waals surface area (Å²) in [6.07, 6.45) is -0.394. The number of nitrogens with one attached hydrogen (secondary N) is 4. The Bertz CT molecular complexity index is 3680. The van der Waals surface area contributed by atoms with Crippen LogP contribution in [0.2, 0.25) is 6.04 Å². The third-order valence-corrected chi connectivity index (χ3v) is 17.2. The third kappa shape index (κ3) is 21.6. The van der Waals surface area contributed by atoms with Gasteiger partial charge in [0.15, 0.2) is 29.8 Å². The Morgan fingerprint density at radius 1 is 0.489 bits per heavy atom. The van der Waals surface area contributed by atoms with Crippen molar-refractivity contribution in [3.05, 3.63) is 161 Å². The number of fused-ring (bicyclic) bond motifs is 2. The second kappa shape index (κ2) is 32.6. The minimum Gasteiger partial charge on any atom is -0.445 e. The van der Waals surface area contributed by atoms with E-state index in [9.17, 15) is 43.2 Å². The van der Waals surface area contributed by atoms with E-state index >= 15 is 0 Å². The summed E-state index contributed by atoms with van der Waals surface area (Å²) in [5.41, 5.74) is 8.77. The highest BCUT2D eigenvalue weighted by Crippen LogP contribution is 2.29. The van der Waals surface area contributed by atoms with Crippen molar-refractivity contribution in [2.75, 3.05) is 39.4 Å². The van der Waals surface area contributed by atoms with Crippen LogP contribution in [0.5, 0.6) is 0 Å². The number of hydrogen-bond donors (Lipinski definition) is 7. The molecule has 0 aromatic heterocycles. The number of carbonyl (C=O) groups is 4. The van der Waals surface area contributed by atoms with E-state index in [1.54, 1.807) is 72.4 Å². The van der Waals surface area contributed by atoms with Crippen molar-refractivity contribution in [3.63, 3.8) is 0 Å². The van der Waals surface area contributed by atoms with Gasteiger partial charge in [-0.25, -0.2) is 29.0 Å². The van der Waals surface area contributed by atoms with Gasteiger partial charge in [0, 0.05) is 35.3 Å². The average molecular weight is 1270 g/mol. The van der Waals surface area contributed by atoms with Crippen LogP contribution in [0.1, 0.15) is 120 Å². The number of nitrogens with zero attached hydrogens (tertiary/aromatic N) is 4. The molecule has 0 bridgehead atoms. The molecule has 2 heterocycles. The normalized spacial score (nSPS) is 12.5. The van der Waals surface area contributed by atoms with Gasteiger partial charge in [0.05, 0.1) is 17.6 Å². The van der Waals surface area contributed by atoms with Gasteiger partial charge in [-0.05, 0) is 216 Å². The van der Waals surface area contributed by atoms with Crippen LogP contribution in [-0.4, -0.2) is 103 Å². The average Bonchev–Trinajstić information content (AvgIpc) is 0.750. The van der Waals surface area contributed by atoms with Crippen LogP contribution in [-0.2, 0) is 32.0 Å². The van der Waals surface area contributed by atoms with E-state index in [1.165, 1.54) is 4.57 Å². The summed E-state index contributed by atoms with van der Waals surface area (Å²) in [6, 6.07) is 25.1. The number of carbonyl (C=O) groups excluding carboxylic acids is 4. The van der Waals surface area contributed by atoms with Gasteiger partial charge in [-0.1, -0.05) is 69.2 Å². The van der Waals surface area contributed by atoms with Crippen molar-refractivity contribution in [2.24, 2.45) is 0 Å². The molecule has 2 aliphatic rings. The third-order valence-electron chi connectivity index (χ3n) is 15.0. The van der Waals surface area contributed by atoms with Crippen molar-refractivity contribution >= 4 is 78.7 Å². The number of hydrogen-bond acceptors (Lipinski definition) is 16. The molecule has 0 saturated carbocycles. The molecule has 0 saturated heterocycles. The predicted octanol–water partition coefficient (Wildman–Crippen LogP) is 12.8. The molecule has 5 aromatic carbocycles. The van der Waals surface area contributed by atoms with Crippen molar-refractivity contribution < 1.29 is 52.5 Å². The first-order chi connectivity index (χ1) is 42.7. The molecule has 21 nitrogen and oxygen atoms in total. The van der Waals surface area contributed by atoms with Crippen LogP contribution in [0.15, 0.2) is 94.5 Å². The summed E-state index contributed by atoms with van der Waals surface area (Å²) in [5, 5.41) is 11.0. The van der Waals surface area contributed by atoms with Crippen LogP contribution in [0, 0.1) is 69.2 Å². The second-order valence-corrected chi connectivity index (χ2v) is 27.0. The summed E-state index contributed by atoms with van der Waals surface area (Å²) in [7, 11) is -3.97. The molecule has 5 aromatic rings. The number of aryl methyl sites for hydroxylation is 10. The predicted molar refractivity (Wildman–Crippen MR) is 355 cm³/mol. The number of amides is 4. The maximum atomic E-state index is 14.8. The second-order valence-electron chi connectivity index (χ2n) is 23.7. The molecule has 0 fully saturated rings. The Morgan fingerprint density at radius 2 is 0.900 bits per heavy atom. The van der Waals surface area contributed by atoms with Crippen LogP contribution in [0.4, 0.5) is 41.9 Å². The van der Waals surface area contributed by atoms with E-state index < -0.39 is 75.9 Å². The van der Waals surface area contributed by atoms with Crippen LogP contribution in [0.3, 0.4) is 0 Å². The highest BCUT2D eigenvalue weighted by molar-refractivity contribution is 7.99. The molecule has 23 heteroatoms. The van der Waals surface area contributed by atoms with Gasteiger partial charge < -0.3 is 37.9 Å². The van der Waals surface area contributed by atoms with Gasteiger partial charge in [0.1, 0.15) is 6.61 Å². The molecular formula is C67H86N8O13SSi. The lowest BCUT2D eigenvalue weighted by Gasteiger charge is -2.33. The molecule has 0 aliphatic carbocycles. The molecule has 90 heavy (non-hydrogen) atoms. The fourth-order valence-electron chi connectivity index (χ4n) is 11.0. The minimum absolute atomic E-state index is 0.0625. The molecule has 3 atom stereocenters. The van der Waals surface area contributed by atoms with Crippen molar-refractivity contribution in [2.45, 2.75) is 171 Å². The lowest BCUT2D eigenvalue weighted by molar-refractivity contribution is -0.0854. The SMILES string of the molecule is Cc1cc(C)cc(NC(=O)OC[C@@H](OC(=O)Nc2cc(C)cc(C)c2)[C@@H](OC(=O)Nc2cc(C)cc(C)c2)[C@H](Cn2c3nc(=O)n(CCCCCCCCCCCSCCC[Si](O)(O)O)c(=O)c-3nc3cc(C)c(C)cc32)OC(=O)Nc2cc(C)cc(C)c2)c1. The van der Waals surface area contributed by atoms with Gasteiger partial charge in [-0.3, -0.25) is 30.6 Å². The molecular weight excluding hydrogens is 1180 g/mol. The molecule has 7 N–H and O–H groups in total. The first kappa shape index (κ1) is 69.4. The molecule has 2 aliphatic heterocycles. The number of aromatic nitrogens is 4. The fourth-order valence-corrected chi connectivity index (χ4v) is 12.9. The largest absolute Gasteiger partial charge is 0.492 e. The van der Waals surface area contributed by atoms with Crippen molar-refractivity contribution in [1.82, 2.24) is 19.1 Å². The Morgan fingerprint density at radius 3 is 1.38 bits per heavy atom. The van der Waals surface area contributed by atoms with Gasteiger partial charge in [-0.15, -0.1) is 0 Å². The van der Waals surface area contributed by atoms with E-state index in [4.69, 9.17) is 23.9 Å². The zero-order valence-electron chi connectivity index (χ0n) is 53.2. The van der Waals surface area contributed by atoms with Gasteiger partial charge >= 0.3 is 38.9 Å². The summed E-state index contributed by atoms with van der Waals surface area (Å²) in [5.74, 6) is 1.60. The zero-order valence-corrected chi connectivity index (χ0v) is 55.1. The maximum Gasteiger partial charge on any atom is 0.492 e. The number of ether oxygens (including phenoxy) is 4. The zero-order chi connectivity index (χ0) is 65.2. The monoisotopic (exact) mass is 1270 g/mol. The van der Waals surface area contributed by atoms with Gasteiger partial charge in [-0.2, -0.15) is 16.7 Å². The van der Waals surface area contributed by atoms with E-state index in [0.29, 0.717) is 46.6 Å². The van der Waals surface area contributed by atoms with Gasteiger partial charge in [0.2, 0.25) is 0 Å². The number of thioether (sulfide) groups is 1. The summed E-state index contributed by atoms with van der Waals surface area (Å²) in [6.45, 7) is 17.4. The number of rotatable bonds is 29. The quantitative estimate of drug-likeness (QED) is 0.00993. The smallest absolute Gasteiger partial charge is 0.445 e. The molecule has 0 unspecified atom stereocenters. The fraction of sp³-hybridized carbons (Fsp3) is 0.433. The Labute approximate surface area is 531 Å². The standard InChI is InChI=1S/C67H86N8O13SSi/c1-41-25-42(2)30-51(29-41)68-64(78)85-40-58(87-66(80)70-53-33-45(5)27-46(6)34-53)60(88-67(81)71-54-35-47(7)28-48(8)36-54)57(86-65(79)69-52-31-43(3)26-44(4)32-52)39-75-56-38-50(10)49(9)37-55(56)72-59-61(75)73-63(77)74(62(59)76)21-18-16-14-12-11-13-15-17-19-22-89-23-20-24-90(82,83)84/h25-38,57-58,60,82-84H,11-24,39-40H2,1-10H3,(H,68,78)(H,69,79)(H,70,80)(H,71,81)/t57-,58+,60-/m0/s1. The highest BCUT2D eigenvalue weighted by atomic mass is 32.2. The van der Waals surface area contributed by atoms with Crippen molar-refractivity contribution in [3.8, 4) is 11.5 Å². The number of anilines is 4. The lowest BCUT2D eigenvalue weighted by atomic mass is 10.1. The topological polar surface area (TPSA) is 284 Å². The molecule has 7 rings (SSSR count). The van der Waals surface area contributed by atoms with Crippen LogP contribution < -0.4 is 32.5 Å². The first-order valence-corrected chi connectivity index (χ1v) is 33.8. The molecule has 0 spiro atoms. The van der Waals surface area contributed by atoms with Gasteiger partial charge in [0.25, 0.3) is 5.56 Å². The van der Waals surface area contributed by atoms with E-state index in [0.717, 1.165) is 123 Å². The highest BCUT2D eigenvalue weighted by Gasteiger charge is 2.41. The number of benzene rings is 5. The van der Waals surface area contributed by atoms with Crippen molar-refractivity contribution in [1.29, 1.82) is 0 Å². The van der Waals surface area contributed by atoms with Crippen LogP contribution >= 0.6 is 11.8 Å². The Kier molecular flexibility index (Phi) is 25.1. The van der Waals surface area contributed by atoms with E-state index in [2.05, 4.69) is 26.3 Å². The molecule has 0 radical (unpaired) electrons. The lowest BCUT2D eigenvalue weighted by Crippen LogP contribution is -2.51. The van der Waals surface area contributed by atoms with E-state index in [-0.39, 0.29) is 24.1 Å². The Hall–Kier alpha value is -8.09. The minimum atomic E-state index is -3.97.